The van der Waals surface area contributed by atoms with Gasteiger partial charge in [-0.3, -0.25) is 9.36 Å². The Balaban J connectivity index is 2.06. The second-order valence-electron chi connectivity index (χ2n) is 5.74. The lowest BCUT2D eigenvalue weighted by molar-refractivity contribution is 0.397. The van der Waals surface area contributed by atoms with Crippen molar-refractivity contribution in [3.05, 3.63) is 61.0 Å². The van der Waals surface area contributed by atoms with Crippen LogP contribution in [-0.2, 0) is 7.05 Å². The fraction of sp³-hybridized carbons (Fsp3) is 0.167. The Hall–Kier alpha value is -3.00. The fourth-order valence-electron chi connectivity index (χ4n) is 2.46. The molecule has 2 heterocycles. The van der Waals surface area contributed by atoms with Gasteiger partial charge >= 0.3 is 5.69 Å². The molecule has 0 fully saturated rings. The summed E-state index contributed by atoms with van der Waals surface area (Å²) < 4.78 is 12.6. The molecular formula is C18H13Cl2N5O4S. The van der Waals surface area contributed by atoms with Gasteiger partial charge in [0.1, 0.15) is 6.07 Å². The molecule has 0 N–H and O–H groups in total. The molecule has 30 heavy (non-hydrogen) atoms. The van der Waals surface area contributed by atoms with Gasteiger partial charge in [0.05, 0.1) is 33.9 Å². The van der Waals surface area contributed by atoms with Gasteiger partial charge in [0.15, 0.2) is 11.5 Å². The molecule has 0 aliphatic heterocycles. The lowest BCUT2D eigenvalue weighted by Gasteiger charge is -2.13. The molecule has 9 nitrogen and oxygen atoms in total. The van der Waals surface area contributed by atoms with Crippen LogP contribution in [0.2, 0.25) is 10.0 Å². The van der Waals surface area contributed by atoms with Gasteiger partial charge in [0, 0.05) is 13.1 Å². The fourth-order valence-corrected chi connectivity index (χ4v) is 3.57. The Bertz CT molecular complexity index is 1280. The highest BCUT2D eigenvalue weighted by Gasteiger charge is 2.17. The van der Waals surface area contributed by atoms with Crippen LogP contribution < -0.4 is 20.7 Å². The van der Waals surface area contributed by atoms with Crippen molar-refractivity contribution in [3.8, 4) is 29.1 Å². The van der Waals surface area contributed by atoms with E-state index < -0.39 is 16.9 Å². The first-order valence-corrected chi connectivity index (χ1v) is 10.1. The summed E-state index contributed by atoms with van der Waals surface area (Å²) in [7, 11) is 2.78. The summed E-state index contributed by atoms with van der Waals surface area (Å²) in [6.07, 6.45) is 3.39. The number of nitrogens with zero attached hydrogens (tertiary/aromatic N) is 5. The minimum absolute atomic E-state index is 0.0712. The molecule has 0 radical (unpaired) electrons. The molecule has 0 aliphatic rings. The predicted molar refractivity (Wildman–Crippen MR) is 112 cm³/mol. The summed E-state index contributed by atoms with van der Waals surface area (Å²) >= 11 is 14.1. The third kappa shape index (κ3) is 4.00. The largest absolute Gasteiger partial charge is 0.494 e. The molecule has 0 spiro atoms. The standard InChI is InChI=1S/C18H13Cl2N5O4S/c1-24-17(26)12(7-21)23-25(18(24)27)9-4-10(19)16(11(20)5-9)29-15-6-14(30-3)13(28-2)8-22-15/h4-6,8H,1-3H3. The zero-order chi connectivity index (χ0) is 22.0. The van der Waals surface area contributed by atoms with Crippen LogP contribution in [0.3, 0.4) is 0 Å². The molecule has 3 aromatic rings. The van der Waals surface area contributed by atoms with Gasteiger partial charge in [-0.25, -0.2) is 9.78 Å². The number of hydrogen-bond acceptors (Lipinski definition) is 8. The molecule has 0 atom stereocenters. The monoisotopic (exact) mass is 465 g/mol. The third-order valence-corrected chi connectivity index (χ3v) is 5.28. The summed E-state index contributed by atoms with van der Waals surface area (Å²) in [4.78, 5) is 29.2. The predicted octanol–water partition coefficient (Wildman–Crippen LogP) is 3.03. The summed E-state index contributed by atoms with van der Waals surface area (Å²) in [5, 5.41) is 13.0. The highest BCUT2D eigenvalue weighted by Crippen LogP contribution is 2.39. The van der Waals surface area contributed by atoms with Gasteiger partial charge in [-0.1, -0.05) is 23.2 Å². The average Bonchev–Trinajstić information content (AvgIpc) is 2.74. The van der Waals surface area contributed by atoms with Crippen molar-refractivity contribution in [2.75, 3.05) is 13.4 Å². The van der Waals surface area contributed by atoms with Crippen molar-refractivity contribution >= 4 is 35.0 Å². The molecule has 1 aromatic carbocycles. The van der Waals surface area contributed by atoms with E-state index in [0.717, 1.165) is 14.1 Å². The summed E-state index contributed by atoms with van der Waals surface area (Å²) in [5.74, 6) is 0.946. The van der Waals surface area contributed by atoms with Gasteiger partial charge < -0.3 is 9.47 Å². The summed E-state index contributed by atoms with van der Waals surface area (Å²) in [6.45, 7) is 0. The first kappa shape index (κ1) is 21.7. The number of halogens is 2. The van der Waals surface area contributed by atoms with Crippen molar-refractivity contribution in [1.29, 1.82) is 5.26 Å². The Morgan fingerprint density at radius 1 is 1.20 bits per heavy atom. The van der Waals surface area contributed by atoms with Crippen molar-refractivity contribution in [1.82, 2.24) is 19.3 Å². The molecule has 2 aromatic heterocycles. The van der Waals surface area contributed by atoms with Gasteiger partial charge in [-0.05, 0) is 18.4 Å². The smallest absolute Gasteiger partial charge is 0.352 e. The van der Waals surface area contributed by atoms with E-state index in [2.05, 4.69) is 10.1 Å². The number of benzene rings is 1. The first-order chi connectivity index (χ1) is 14.3. The topological polar surface area (TPSA) is 112 Å². The SMILES string of the molecule is COc1cnc(Oc2c(Cl)cc(-n3nc(C#N)c(=O)n(C)c3=O)cc2Cl)cc1SC. The quantitative estimate of drug-likeness (QED) is 0.528. The van der Waals surface area contributed by atoms with Crippen LogP contribution >= 0.6 is 35.0 Å². The lowest BCUT2D eigenvalue weighted by Crippen LogP contribution is -2.40. The molecule has 0 saturated heterocycles. The van der Waals surface area contributed by atoms with Gasteiger partial charge in [0.2, 0.25) is 11.6 Å². The third-order valence-electron chi connectivity index (χ3n) is 3.96. The number of ether oxygens (including phenoxy) is 2. The van der Waals surface area contributed by atoms with Crippen LogP contribution in [0.4, 0.5) is 0 Å². The second-order valence-corrected chi connectivity index (χ2v) is 7.40. The van der Waals surface area contributed by atoms with E-state index >= 15 is 0 Å². The van der Waals surface area contributed by atoms with Gasteiger partial charge in [-0.2, -0.15) is 9.94 Å². The number of pyridine rings is 1. The van der Waals surface area contributed by atoms with Crippen LogP contribution in [0.25, 0.3) is 5.69 Å². The molecule has 0 bridgehead atoms. The van der Waals surface area contributed by atoms with Crippen LogP contribution in [0.5, 0.6) is 17.4 Å². The van der Waals surface area contributed by atoms with Crippen molar-refractivity contribution in [3.63, 3.8) is 0 Å². The maximum atomic E-state index is 12.4. The average molecular weight is 466 g/mol. The number of aromatic nitrogens is 4. The minimum atomic E-state index is -0.800. The molecule has 3 rings (SSSR count). The van der Waals surface area contributed by atoms with Gasteiger partial charge in [0.25, 0.3) is 5.56 Å². The van der Waals surface area contributed by atoms with E-state index in [-0.39, 0.29) is 27.4 Å². The molecular weight excluding hydrogens is 453 g/mol. The number of rotatable bonds is 5. The normalized spacial score (nSPS) is 10.5. The zero-order valence-corrected chi connectivity index (χ0v) is 18.2. The molecule has 0 amide bonds. The Kier molecular flexibility index (Phi) is 6.36. The first-order valence-electron chi connectivity index (χ1n) is 8.16. The van der Waals surface area contributed by atoms with Crippen molar-refractivity contribution in [2.45, 2.75) is 4.90 Å². The van der Waals surface area contributed by atoms with Gasteiger partial charge in [-0.15, -0.1) is 16.9 Å². The van der Waals surface area contributed by atoms with Crippen molar-refractivity contribution in [2.24, 2.45) is 7.05 Å². The Morgan fingerprint density at radius 3 is 2.43 bits per heavy atom. The Labute approximate surface area is 184 Å². The Morgan fingerprint density at radius 2 is 1.87 bits per heavy atom. The number of nitriles is 1. The summed E-state index contributed by atoms with van der Waals surface area (Å²) in [5.41, 5.74) is -1.86. The van der Waals surface area contributed by atoms with E-state index in [0.29, 0.717) is 5.75 Å². The van der Waals surface area contributed by atoms with E-state index in [9.17, 15) is 9.59 Å². The maximum Gasteiger partial charge on any atom is 0.352 e. The van der Waals surface area contributed by atoms with Crippen molar-refractivity contribution < 1.29 is 9.47 Å². The number of methoxy groups -OCH3 is 1. The number of thioether (sulfide) groups is 1. The molecule has 12 heteroatoms. The highest BCUT2D eigenvalue weighted by molar-refractivity contribution is 7.98. The number of hydrogen-bond donors (Lipinski definition) is 0. The minimum Gasteiger partial charge on any atom is -0.494 e. The van der Waals surface area contributed by atoms with Crippen LogP contribution in [0, 0.1) is 11.3 Å². The van der Waals surface area contributed by atoms with Crippen LogP contribution in [-0.4, -0.2) is 32.7 Å². The van der Waals surface area contributed by atoms with E-state index in [1.54, 1.807) is 12.1 Å². The molecule has 154 valence electrons. The summed E-state index contributed by atoms with van der Waals surface area (Å²) in [6, 6.07) is 6.07. The van der Waals surface area contributed by atoms with Crippen LogP contribution in [0.1, 0.15) is 5.69 Å². The molecule has 0 saturated carbocycles. The molecule has 0 unspecified atom stereocenters. The maximum absolute atomic E-state index is 12.4. The van der Waals surface area contributed by atoms with E-state index in [1.165, 1.54) is 44.2 Å². The molecule has 0 aliphatic carbocycles. The van der Waals surface area contributed by atoms with E-state index in [4.69, 9.17) is 37.9 Å². The lowest BCUT2D eigenvalue weighted by atomic mass is 10.3. The van der Waals surface area contributed by atoms with Crippen LogP contribution in [0.15, 0.2) is 38.9 Å². The second kappa shape index (κ2) is 8.79. The van der Waals surface area contributed by atoms with E-state index in [1.807, 2.05) is 6.26 Å². The zero-order valence-electron chi connectivity index (χ0n) is 15.8. The highest BCUT2D eigenvalue weighted by atomic mass is 35.5.